The second-order valence-corrected chi connectivity index (χ2v) is 11.6. The summed E-state index contributed by atoms with van der Waals surface area (Å²) in [5.41, 5.74) is 1.41. The molecule has 0 radical (unpaired) electrons. The summed E-state index contributed by atoms with van der Waals surface area (Å²) < 4.78 is 53.9. The average Bonchev–Trinajstić information content (AvgIpc) is 2.73. The first-order valence-corrected chi connectivity index (χ1v) is 13.4. The van der Waals surface area contributed by atoms with Crippen molar-refractivity contribution < 1.29 is 21.6 Å². The number of hydrogen-bond acceptors (Lipinski definition) is 6. The van der Waals surface area contributed by atoms with Gasteiger partial charge in [-0.3, -0.25) is 4.79 Å². The Bertz CT molecular complexity index is 1160. The monoisotopic (exact) mass is 500 g/mol. The fourth-order valence-corrected chi connectivity index (χ4v) is 6.02. The largest absolute Gasteiger partial charge is 0.369 e. The third kappa shape index (κ3) is 6.42. The number of rotatable bonds is 8. The molecule has 174 valence electrons. The number of nitrogens with one attached hydrogen (secondary N) is 2. The molecular weight excluding hydrogens is 476 g/mol. The molecule has 0 saturated carbocycles. The lowest BCUT2D eigenvalue weighted by Crippen LogP contribution is -2.50. The SMILES string of the molecule is CC(=O)Nc1ccc(S(=O)(=O)NCCS(=O)(=O)N2CCN(c3cccc(Cl)c3)CC2)cc1. The van der Waals surface area contributed by atoms with Gasteiger partial charge >= 0.3 is 0 Å². The van der Waals surface area contributed by atoms with Crippen LogP contribution in [-0.4, -0.2) is 65.5 Å². The molecule has 0 aromatic heterocycles. The van der Waals surface area contributed by atoms with E-state index in [2.05, 4.69) is 14.9 Å². The Morgan fingerprint density at radius 3 is 2.25 bits per heavy atom. The highest BCUT2D eigenvalue weighted by Crippen LogP contribution is 2.21. The van der Waals surface area contributed by atoms with Crippen LogP contribution in [0.5, 0.6) is 0 Å². The Morgan fingerprint density at radius 2 is 1.66 bits per heavy atom. The molecule has 9 nitrogen and oxygen atoms in total. The van der Waals surface area contributed by atoms with Gasteiger partial charge in [-0.05, 0) is 42.5 Å². The quantitative estimate of drug-likeness (QED) is 0.570. The summed E-state index contributed by atoms with van der Waals surface area (Å²) >= 11 is 6.03. The maximum atomic E-state index is 12.7. The van der Waals surface area contributed by atoms with E-state index < -0.39 is 20.0 Å². The summed E-state index contributed by atoms with van der Waals surface area (Å²) in [5.74, 6) is -0.606. The lowest BCUT2D eigenvalue weighted by molar-refractivity contribution is -0.114. The Labute approximate surface area is 193 Å². The molecule has 32 heavy (non-hydrogen) atoms. The second kappa shape index (κ2) is 10.2. The molecule has 1 fully saturated rings. The third-order valence-electron chi connectivity index (χ3n) is 4.94. The summed E-state index contributed by atoms with van der Waals surface area (Å²) in [5, 5.41) is 3.17. The molecule has 1 saturated heterocycles. The van der Waals surface area contributed by atoms with Crippen LogP contribution in [0.25, 0.3) is 0 Å². The Kier molecular flexibility index (Phi) is 7.78. The highest BCUT2D eigenvalue weighted by molar-refractivity contribution is 7.90. The summed E-state index contributed by atoms with van der Waals surface area (Å²) in [7, 11) is -7.49. The van der Waals surface area contributed by atoms with Crippen molar-refractivity contribution in [1.82, 2.24) is 9.03 Å². The van der Waals surface area contributed by atoms with Crippen molar-refractivity contribution in [3.05, 3.63) is 53.6 Å². The smallest absolute Gasteiger partial charge is 0.240 e. The predicted octanol–water partition coefficient (Wildman–Crippen LogP) is 1.73. The fourth-order valence-electron chi connectivity index (χ4n) is 3.34. The van der Waals surface area contributed by atoms with E-state index in [0.29, 0.717) is 36.9 Å². The normalized spacial score (nSPS) is 15.5. The van der Waals surface area contributed by atoms with E-state index >= 15 is 0 Å². The molecule has 3 rings (SSSR count). The van der Waals surface area contributed by atoms with E-state index in [1.165, 1.54) is 35.5 Å². The second-order valence-electron chi connectivity index (χ2n) is 7.29. The molecule has 0 atom stereocenters. The summed E-state index contributed by atoms with van der Waals surface area (Å²) in [6.07, 6.45) is 0. The summed E-state index contributed by atoms with van der Waals surface area (Å²) in [6, 6.07) is 13.0. The summed E-state index contributed by atoms with van der Waals surface area (Å²) in [4.78, 5) is 13.1. The Morgan fingerprint density at radius 1 is 1.00 bits per heavy atom. The van der Waals surface area contributed by atoms with Crippen LogP contribution in [0.2, 0.25) is 5.02 Å². The van der Waals surface area contributed by atoms with Crippen LogP contribution in [0, 0.1) is 0 Å². The maximum absolute atomic E-state index is 12.7. The van der Waals surface area contributed by atoms with Crippen LogP contribution in [0.3, 0.4) is 0 Å². The average molecular weight is 501 g/mol. The first-order chi connectivity index (χ1) is 15.1. The zero-order chi connectivity index (χ0) is 23.4. The van der Waals surface area contributed by atoms with Gasteiger partial charge in [0, 0.05) is 56.0 Å². The van der Waals surface area contributed by atoms with Crippen molar-refractivity contribution in [2.45, 2.75) is 11.8 Å². The van der Waals surface area contributed by atoms with Crippen molar-refractivity contribution in [2.24, 2.45) is 0 Å². The van der Waals surface area contributed by atoms with Gasteiger partial charge in [0.05, 0.1) is 10.6 Å². The molecule has 2 aromatic rings. The molecular formula is C20H25ClN4O5S2. The van der Waals surface area contributed by atoms with Crippen molar-refractivity contribution in [3.63, 3.8) is 0 Å². The highest BCUT2D eigenvalue weighted by atomic mass is 35.5. The van der Waals surface area contributed by atoms with E-state index in [0.717, 1.165) is 5.69 Å². The number of benzene rings is 2. The van der Waals surface area contributed by atoms with Gasteiger partial charge in [-0.1, -0.05) is 17.7 Å². The number of sulfonamides is 2. The van der Waals surface area contributed by atoms with Gasteiger partial charge < -0.3 is 10.2 Å². The molecule has 2 N–H and O–H groups in total. The standard InChI is InChI=1S/C20H25ClN4O5S2/c1-16(26)23-18-5-7-20(8-6-18)32(29,30)22-9-14-31(27,28)25-12-10-24(11-13-25)19-4-2-3-17(21)15-19/h2-8,15,22H,9-14H2,1H3,(H,23,26). The zero-order valence-corrected chi connectivity index (χ0v) is 19.9. The molecule has 12 heteroatoms. The highest BCUT2D eigenvalue weighted by Gasteiger charge is 2.27. The van der Waals surface area contributed by atoms with E-state index in [-0.39, 0.29) is 23.1 Å². The number of anilines is 2. The molecule has 1 aliphatic rings. The molecule has 0 aliphatic carbocycles. The Balaban J connectivity index is 1.52. The van der Waals surface area contributed by atoms with Crippen LogP contribution in [0.4, 0.5) is 11.4 Å². The van der Waals surface area contributed by atoms with E-state index in [1.54, 1.807) is 6.07 Å². The number of amides is 1. The van der Waals surface area contributed by atoms with Crippen LogP contribution in [0.1, 0.15) is 6.92 Å². The third-order valence-corrected chi connectivity index (χ3v) is 8.53. The van der Waals surface area contributed by atoms with E-state index in [1.807, 2.05) is 18.2 Å². The minimum absolute atomic E-state index is 0.0147. The van der Waals surface area contributed by atoms with Gasteiger partial charge in [-0.25, -0.2) is 21.6 Å². The molecule has 0 spiro atoms. The number of nitrogens with zero attached hydrogens (tertiary/aromatic N) is 2. The van der Waals surface area contributed by atoms with Gasteiger partial charge in [0.25, 0.3) is 0 Å². The predicted molar refractivity (Wildman–Crippen MR) is 125 cm³/mol. The van der Waals surface area contributed by atoms with Crippen LogP contribution >= 0.6 is 11.6 Å². The number of piperazine rings is 1. The molecule has 1 heterocycles. The lowest BCUT2D eigenvalue weighted by Gasteiger charge is -2.35. The molecule has 2 aromatic carbocycles. The minimum Gasteiger partial charge on any atom is -0.369 e. The molecule has 1 amide bonds. The topological polar surface area (TPSA) is 116 Å². The number of halogens is 1. The van der Waals surface area contributed by atoms with E-state index in [4.69, 9.17) is 11.6 Å². The van der Waals surface area contributed by atoms with Gasteiger partial charge in [0.1, 0.15) is 0 Å². The van der Waals surface area contributed by atoms with Gasteiger partial charge in [0.15, 0.2) is 0 Å². The van der Waals surface area contributed by atoms with E-state index in [9.17, 15) is 21.6 Å². The Hall–Kier alpha value is -2.18. The van der Waals surface area contributed by atoms with Crippen LogP contribution < -0.4 is 14.9 Å². The first-order valence-electron chi connectivity index (χ1n) is 9.92. The fraction of sp³-hybridized carbons (Fsp3) is 0.350. The van der Waals surface area contributed by atoms with Crippen molar-refractivity contribution in [3.8, 4) is 0 Å². The van der Waals surface area contributed by atoms with Crippen LogP contribution in [0.15, 0.2) is 53.4 Å². The molecule has 1 aliphatic heterocycles. The first kappa shape index (κ1) is 24.5. The van der Waals surface area contributed by atoms with Crippen molar-refractivity contribution in [1.29, 1.82) is 0 Å². The maximum Gasteiger partial charge on any atom is 0.240 e. The van der Waals surface area contributed by atoms with Crippen molar-refractivity contribution in [2.75, 3.05) is 48.7 Å². The minimum atomic E-state index is -3.87. The molecule has 0 unspecified atom stereocenters. The van der Waals surface area contributed by atoms with Gasteiger partial charge in [-0.2, -0.15) is 4.31 Å². The van der Waals surface area contributed by atoms with Crippen molar-refractivity contribution >= 4 is 48.9 Å². The zero-order valence-electron chi connectivity index (χ0n) is 17.5. The molecule has 0 bridgehead atoms. The van der Waals surface area contributed by atoms with Crippen LogP contribution in [-0.2, 0) is 24.8 Å². The number of carbonyl (C=O) groups is 1. The number of hydrogen-bond donors (Lipinski definition) is 2. The van der Waals surface area contributed by atoms with Gasteiger partial charge in [0.2, 0.25) is 26.0 Å². The lowest BCUT2D eigenvalue weighted by atomic mass is 10.2. The summed E-state index contributed by atoms with van der Waals surface area (Å²) in [6.45, 7) is 2.77. The number of carbonyl (C=O) groups excluding carboxylic acids is 1. The van der Waals surface area contributed by atoms with Gasteiger partial charge in [-0.15, -0.1) is 0 Å².